The highest BCUT2D eigenvalue weighted by molar-refractivity contribution is 7.90. The van der Waals surface area contributed by atoms with E-state index in [0.717, 1.165) is 6.26 Å². The first-order valence-electron chi connectivity index (χ1n) is 9.82. The van der Waals surface area contributed by atoms with Crippen molar-refractivity contribution < 1.29 is 22.7 Å². The summed E-state index contributed by atoms with van der Waals surface area (Å²) in [7, 11) is -1.75. The molecule has 2 aromatic rings. The molecule has 0 aliphatic heterocycles. The molecule has 0 radical (unpaired) electrons. The van der Waals surface area contributed by atoms with E-state index in [-0.39, 0.29) is 28.7 Å². The molecule has 1 saturated carbocycles. The molecule has 7 nitrogen and oxygen atoms in total. The Balaban J connectivity index is 1.51. The zero-order chi connectivity index (χ0) is 21.7. The fourth-order valence-electron chi connectivity index (χ4n) is 3.56. The van der Waals surface area contributed by atoms with E-state index < -0.39 is 9.84 Å². The number of hydrogen-bond donors (Lipinski definition) is 2. The van der Waals surface area contributed by atoms with E-state index in [9.17, 15) is 18.0 Å². The molecule has 1 aliphatic carbocycles. The minimum absolute atomic E-state index is 0.0252. The van der Waals surface area contributed by atoms with Crippen LogP contribution in [0.3, 0.4) is 0 Å². The van der Waals surface area contributed by atoms with E-state index >= 15 is 0 Å². The molecule has 8 heteroatoms. The van der Waals surface area contributed by atoms with Crippen molar-refractivity contribution in [2.75, 3.05) is 18.7 Å². The highest BCUT2D eigenvalue weighted by Crippen LogP contribution is 2.26. The molecule has 0 saturated heterocycles. The number of anilines is 1. The monoisotopic (exact) mass is 430 g/mol. The summed E-state index contributed by atoms with van der Waals surface area (Å²) in [5.41, 5.74) is 1.04. The maximum Gasteiger partial charge on any atom is 0.251 e. The highest BCUT2D eigenvalue weighted by atomic mass is 32.2. The minimum Gasteiger partial charge on any atom is -0.497 e. The van der Waals surface area contributed by atoms with E-state index in [4.69, 9.17) is 4.74 Å². The zero-order valence-electron chi connectivity index (χ0n) is 17.1. The third kappa shape index (κ3) is 5.60. The molecule has 2 amide bonds. The molecule has 1 aliphatic rings. The van der Waals surface area contributed by atoms with Crippen molar-refractivity contribution >= 4 is 27.3 Å². The number of nitrogens with one attached hydrogen (secondary N) is 2. The van der Waals surface area contributed by atoms with E-state index in [0.29, 0.717) is 42.7 Å². The van der Waals surface area contributed by atoms with Crippen molar-refractivity contribution in [3.8, 4) is 5.75 Å². The Bertz CT molecular complexity index is 1010. The number of carbonyl (C=O) groups is 2. The van der Waals surface area contributed by atoms with Crippen LogP contribution in [0, 0.1) is 5.92 Å². The number of rotatable bonds is 6. The lowest BCUT2D eigenvalue weighted by molar-refractivity contribution is -0.120. The largest absolute Gasteiger partial charge is 0.497 e. The lowest BCUT2D eigenvalue weighted by Crippen LogP contribution is -2.39. The molecule has 1 fully saturated rings. The summed E-state index contributed by atoms with van der Waals surface area (Å²) in [6.07, 6.45) is 3.87. The normalized spacial score (nSPS) is 19.0. The summed E-state index contributed by atoms with van der Waals surface area (Å²) in [6.45, 7) is 0. The van der Waals surface area contributed by atoms with Gasteiger partial charge in [0.25, 0.3) is 5.91 Å². The summed E-state index contributed by atoms with van der Waals surface area (Å²) in [5.74, 6) is 0.268. The van der Waals surface area contributed by atoms with Gasteiger partial charge in [-0.25, -0.2) is 8.42 Å². The van der Waals surface area contributed by atoms with Crippen LogP contribution >= 0.6 is 0 Å². The lowest BCUT2D eigenvalue weighted by atomic mass is 9.85. The molecule has 30 heavy (non-hydrogen) atoms. The van der Waals surface area contributed by atoms with Gasteiger partial charge in [-0.15, -0.1) is 0 Å². The van der Waals surface area contributed by atoms with Gasteiger partial charge in [0.2, 0.25) is 5.91 Å². The molecule has 2 aromatic carbocycles. The van der Waals surface area contributed by atoms with Crippen molar-refractivity contribution in [1.82, 2.24) is 5.32 Å². The molecule has 160 valence electrons. The number of carbonyl (C=O) groups excluding carboxylic acids is 2. The number of methoxy groups -OCH3 is 1. The van der Waals surface area contributed by atoms with Gasteiger partial charge in [0.15, 0.2) is 9.84 Å². The van der Waals surface area contributed by atoms with Gasteiger partial charge in [-0.05, 0) is 68.1 Å². The first kappa shape index (κ1) is 21.8. The van der Waals surface area contributed by atoms with Crippen molar-refractivity contribution in [3.63, 3.8) is 0 Å². The molecular formula is C22H26N2O5S. The SMILES string of the molecule is COc1ccc(C(=O)NC2CCC(C(=O)Nc3cccc(S(C)(=O)=O)c3)CC2)cc1. The van der Waals surface area contributed by atoms with Crippen molar-refractivity contribution in [2.24, 2.45) is 5.92 Å². The van der Waals surface area contributed by atoms with E-state index in [2.05, 4.69) is 10.6 Å². The standard InChI is InChI=1S/C22H26N2O5S/c1-29-19-12-8-16(9-13-19)21(25)23-17-10-6-15(7-11-17)22(26)24-18-4-3-5-20(14-18)30(2,27)28/h3-5,8-9,12-15,17H,6-7,10-11H2,1-2H3,(H,23,25)(H,24,26). The molecular weight excluding hydrogens is 404 g/mol. The Morgan fingerprint density at radius 2 is 1.67 bits per heavy atom. The highest BCUT2D eigenvalue weighted by Gasteiger charge is 2.27. The van der Waals surface area contributed by atoms with Crippen LogP contribution in [0.15, 0.2) is 53.4 Å². The van der Waals surface area contributed by atoms with Crippen LogP contribution in [0.4, 0.5) is 5.69 Å². The fourth-order valence-corrected chi connectivity index (χ4v) is 4.23. The topological polar surface area (TPSA) is 102 Å². The van der Waals surface area contributed by atoms with Crippen LogP contribution in [0.5, 0.6) is 5.75 Å². The van der Waals surface area contributed by atoms with E-state index in [1.807, 2.05) is 0 Å². The Morgan fingerprint density at radius 3 is 2.27 bits per heavy atom. The second kappa shape index (κ2) is 9.30. The zero-order valence-corrected chi connectivity index (χ0v) is 17.9. The minimum atomic E-state index is -3.33. The van der Waals surface area contributed by atoms with Crippen LogP contribution < -0.4 is 15.4 Å². The molecule has 0 atom stereocenters. The smallest absolute Gasteiger partial charge is 0.251 e. The summed E-state index contributed by atoms with van der Waals surface area (Å²) in [4.78, 5) is 25.2. The molecule has 0 bridgehead atoms. The average molecular weight is 431 g/mol. The van der Waals surface area contributed by atoms with Crippen LogP contribution in [-0.2, 0) is 14.6 Å². The number of hydrogen-bond acceptors (Lipinski definition) is 5. The maximum atomic E-state index is 12.6. The van der Waals surface area contributed by atoms with Crippen molar-refractivity contribution in [1.29, 1.82) is 0 Å². The quantitative estimate of drug-likeness (QED) is 0.734. The summed E-state index contributed by atoms with van der Waals surface area (Å²) >= 11 is 0. The molecule has 0 heterocycles. The van der Waals surface area contributed by atoms with Gasteiger partial charge in [0.1, 0.15) is 5.75 Å². The molecule has 3 rings (SSSR count). The number of ether oxygens (including phenoxy) is 1. The number of sulfone groups is 1. The molecule has 0 unspecified atom stereocenters. The first-order chi connectivity index (χ1) is 14.3. The van der Waals surface area contributed by atoms with Gasteiger partial charge in [0, 0.05) is 29.5 Å². The fraction of sp³-hybridized carbons (Fsp3) is 0.364. The predicted molar refractivity (Wildman–Crippen MR) is 114 cm³/mol. The first-order valence-corrected chi connectivity index (χ1v) is 11.7. The second-order valence-electron chi connectivity index (χ2n) is 7.54. The third-order valence-electron chi connectivity index (χ3n) is 5.32. The summed E-state index contributed by atoms with van der Waals surface area (Å²) < 4.78 is 28.5. The average Bonchev–Trinajstić information content (AvgIpc) is 2.74. The third-order valence-corrected chi connectivity index (χ3v) is 6.43. The van der Waals surface area contributed by atoms with Crippen LogP contribution in [0.1, 0.15) is 36.0 Å². The van der Waals surface area contributed by atoms with Gasteiger partial charge in [0.05, 0.1) is 12.0 Å². The molecule has 2 N–H and O–H groups in total. The van der Waals surface area contributed by atoms with Gasteiger partial charge in [-0.2, -0.15) is 0 Å². The van der Waals surface area contributed by atoms with E-state index in [1.54, 1.807) is 43.5 Å². The maximum absolute atomic E-state index is 12.6. The Hall–Kier alpha value is -2.87. The summed E-state index contributed by atoms with van der Waals surface area (Å²) in [6, 6.07) is 13.2. The van der Waals surface area contributed by atoms with Crippen LogP contribution in [0.25, 0.3) is 0 Å². The van der Waals surface area contributed by atoms with Crippen molar-refractivity contribution in [2.45, 2.75) is 36.6 Å². The Morgan fingerprint density at radius 1 is 1.00 bits per heavy atom. The van der Waals surface area contributed by atoms with Crippen molar-refractivity contribution in [3.05, 3.63) is 54.1 Å². The number of amides is 2. The second-order valence-corrected chi connectivity index (χ2v) is 9.56. The summed E-state index contributed by atoms with van der Waals surface area (Å²) in [5, 5.41) is 5.84. The van der Waals surface area contributed by atoms with Crippen LogP contribution in [-0.4, -0.2) is 39.6 Å². The van der Waals surface area contributed by atoms with Gasteiger partial charge in [-0.3, -0.25) is 9.59 Å². The molecule has 0 aromatic heterocycles. The number of benzene rings is 2. The van der Waals surface area contributed by atoms with Gasteiger partial charge < -0.3 is 15.4 Å². The Kier molecular flexibility index (Phi) is 6.77. The lowest BCUT2D eigenvalue weighted by Gasteiger charge is -2.28. The molecule has 0 spiro atoms. The van der Waals surface area contributed by atoms with Gasteiger partial charge in [-0.1, -0.05) is 6.07 Å². The Labute approximate surface area is 176 Å². The predicted octanol–water partition coefficient (Wildman–Crippen LogP) is 3.03. The van der Waals surface area contributed by atoms with Crippen LogP contribution in [0.2, 0.25) is 0 Å². The van der Waals surface area contributed by atoms with E-state index in [1.165, 1.54) is 12.1 Å². The van der Waals surface area contributed by atoms with Gasteiger partial charge >= 0.3 is 0 Å².